The molecule has 88 valence electrons. The normalized spacial score (nSPS) is 10.6. The summed E-state index contributed by atoms with van der Waals surface area (Å²) in [6, 6.07) is 1.60. The summed E-state index contributed by atoms with van der Waals surface area (Å²) in [4.78, 5) is 3.89. The van der Waals surface area contributed by atoms with E-state index in [9.17, 15) is 0 Å². The number of pyridine rings is 1. The number of nitrogens with zero attached hydrogens (tertiary/aromatic N) is 1. The third-order valence-electron chi connectivity index (χ3n) is 2.67. The van der Waals surface area contributed by atoms with Crippen LogP contribution in [0.1, 0.15) is 26.7 Å². The molecule has 16 heavy (non-hydrogen) atoms. The van der Waals surface area contributed by atoms with Gasteiger partial charge in [0, 0.05) is 11.7 Å². The maximum Gasteiger partial charge on any atom is 0.490 e. The van der Waals surface area contributed by atoms with Gasteiger partial charge in [0.25, 0.3) is 0 Å². The first-order chi connectivity index (χ1) is 7.67. The summed E-state index contributed by atoms with van der Waals surface area (Å²) in [5, 5.41) is 18.0. The molecule has 0 aromatic carbocycles. The van der Waals surface area contributed by atoms with E-state index in [1.807, 2.05) is 0 Å². The summed E-state index contributed by atoms with van der Waals surface area (Å²) in [5.41, 5.74) is 0.349. The summed E-state index contributed by atoms with van der Waals surface area (Å²) < 4.78 is 5.56. The molecule has 1 heterocycles. The van der Waals surface area contributed by atoms with Gasteiger partial charge in [-0.2, -0.15) is 0 Å². The molecule has 1 rings (SSSR count). The Morgan fingerprint density at radius 3 is 2.56 bits per heavy atom. The average molecular weight is 223 g/mol. The molecule has 0 amide bonds. The van der Waals surface area contributed by atoms with Gasteiger partial charge in [0.2, 0.25) is 0 Å². The molecule has 0 unspecified atom stereocenters. The van der Waals surface area contributed by atoms with Crippen molar-refractivity contribution in [3.63, 3.8) is 0 Å². The quantitative estimate of drug-likeness (QED) is 0.692. The highest BCUT2D eigenvalue weighted by Gasteiger charge is 2.12. The number of hydrogen-bond acceptors (Lipinski definition) is 4. The molecular formula is C11H18BNO3. The SMILES string of the molecule is CCC(CC)COc1cncc(B(O)O)c1. The Morgan fingerprint density at radius 1 is 1.31 bits per heavy atom. The first-order valence-electron chi connectivity index (χ1n) is 5.61. The van der Waals surface area contributed by atoms with E-state index in [2.05, 4.69) is 18.8 Å². The monoisotopic (exact) mass is 223 g/mol. The molecule has 1 aromatic heterocycles. The van der Waals surface area contributed by atoms with Crippen LogP contribution in [0.25, 0.3) is 0 Å². The zero-order valence-electron chi connectivity index (χ0n) is 9.76. The molecule has 0 saturated heterocycles. The van der Waals surface area contributed by atoms with Gasteiger partial charge in [-0.1, -0.05) is 26.7 Å². The van der Waals surface area contributed by atoms with Crippen LogP contribution in [0.15, 0.2) is 18.5 Å². The highest BCUT2D eigenvalue weighted by Crippen LogP contribution is 2.12. The van der Waals surface area contributed by atoms with Crippen LogP contribution < -0.4 is 10.2 Å². The van der Waals surface area contributed by atoms with Crippen LogP contribution >= 0.6 is 0 Å². The number of rotatable bonds is 6. The molecule has 0 aliphatic carbocycles. The van der Waals surface area contributed by atoms with Crippen molar-refractivity contribution in [1.82, 2.24) is 4.98 Å². The summed E-state index contributed by atoms with van der Waals surface area (Å²) >= 11 is 0. The second kappa shape index (κ2) is 6.50. The second-order valence-electron chi connectivity index (χ2n) is 3.82. The van der Waals surface area contributed by atoms with Crippen LogP contribution in [0.4, 0.5) is 0 Å². The molecule has 0 saturated carbocycles. The van der Waals surface area contributed by atoms with Gasteiger partial charge >= 0.3 is 7.12 Å². The Hall–Kier alpha value is -1.07. The smallest absolute Gasteiger partial charge is 0.490 e. The zero-order chi connectivity index (χ0) is 12.0. The number of hydrogen-bond donors (Lipinski definition) is 2. The van der Waals surface area contributed by atoms with E-state index in [1.54, 1.807) is 12.3 Å². The van der Waals surface area contributed by atoms with Crippen LogP contribution in [0.2, 0.25) is 0 Å². The van der Waals surface area contributed by atoms with Gasteiger partial charge in [0.05, 0.1) is 12.8 Å². The molecule has 0 atom stereocenters. The van der Waals surface area contributed by atoms with Crippen LogP contribution in [-0.2, 0) is 0 Å². The Bertz CT molecular complexity index is 316. The molecule has 4 nitrogen and oxygen atoms in total. The third-order valence-corrected chi connectivity index (χ3v) is 2.67. The van der Waals surface area contributed by atoms with Crippen molar-refractivity contribution in [2.24, 2.45) is 5.92 Å². The fraction of sp³-hybridized carbons (Fsp3) is 0.545. The Morgan fingerprint density at radius 2 is 2.00 bits per heavy atom. The Labute approximate surface area is 96.4 Å². The van der Waals surface area contributed by atoms with Crippen molar-refractivity contribution in [3.05, 3.63) is 18.5 Å². The summed E-state index contributed by atoms with van der Waals surface area (Å²) in [7, 11) is -1.50. The highest BCUT2D eigenvalue weighted by molar-refractivity contribution is 6.58. The largest absolute Gasteiger partial charge is 0.492 e. The second-order valence-corrected chi connectivity index (χ2v) is 3.82. The van der Waals surface area contributed by atoms with Crippen molar-refractivity contribution in [2.75, 3.05) is 6.61 Å². The van der Waals surface area contributed by atoms with E-state index in [4.69, 9.17) is 14.8 Å². The average Bonchev–Trinajstić information content (AvgIpc) is 2.31. The highest BCUT2D eigenvalue weighted by atomic mass is 16.5. The first-order valence-corrected chi connectivity index (χ1v) is 5.61. The lowest BCUT2D eigenvalue weighted by molar-refractivity contribution is 0.240. The third kappa shape index (κ3) is 3.83. The van der Waals surface area contributed by atoms with Crippen LogP contribution in [0.5, 0.6) is 5.75 Å². The molecule has 1 aromatic rings. The molecule has 0 bridgehead atoms. The number of ether oxygens (including phenoxy) is 1. The van der Waals surface area contributed by atoms with E-state index >= 15 is 0 Å². The van der Waals surface area contributed by atoms with Gasteiger partial charge < -0.3 is 14.8 Å². The lowest BCUT2D eigenvalue weighted by Gasteiger charge is -2.13. The number of aromatic nitrogens is 1. The molecule has 0 spiro atoms. The van der Waals surface area contributed by atoms with Gasteiger partial charge in [-0.05, 0) is 12.0 Å². The molecular weight excluding hydrogens is 205 g/mol. The molecule has 0 fully saturated rings. The Kier molecular flexibility index (Phi) is 5.28. The maximum absolute atomic E-state index is 8.98. The summed E-state index contributed by atoms with van der Waals surface area (Å²) in [5.74, 6) is 1.11. The predicted octanol–water partition coefficient (Wildman–Crippen LogP) is 0.576. The van der Waals surface area contributed by atoms with Gasteiger partial charge in [-0.15, -0.1) is 0 Å². The van der Waals surface area contributed by atoms with Crippen LogP contribution in [0.3, 0.4) is 0 Å². The molecule has 0 radical (unpaired) electrons. The standard InChI is InChI=1S/C11H18BNO3/c1-3-9(4-2)8-16-11-5-10(12(14)15)6-13-7-11/h5-7,9,14-15H,3-4,8H2,1-2H3. The topological polar surface area (TPSA) is 62.6 Å². The van der Waals surface area contributed by atoms with Gasteiger partial charge in [0.1, 0.15) is 5.75 Å². The summed E-state index contributed by atoms with van der Waals surface area (Å²) in [6.07, 6.45) is 5.14. The fourth-order valence-electron chi connectivity index (χ4n) is 1.39. The van der Waals surface area contributed by atoms with E-state index in [-0.39, 0.29) is 0 Å². The van der Waals surface area contributed by atoms with Gasteiger partial charge in [-0.25, -0.2) is 0 Å². The van der Waals surface area contributed by atoms with E-state index < -0.39 is 7.12 Å². The first kappa shape index (κ1) is 13.0. The van der Waals surface area contributed by atoms with Crippen molar-refractivity contribution >= 4 is 12.6 Å². The van der Waals surface area contributed by atoms with E-state index in [0.29, 0.717) is 23.7 Å². The minimum atomic E-state index is -1.50. The lowest BCUT2D eigenvalue weighted by Crippen LogP contribution is -2.30. The van der Waals surface area contributed by atoms with Crippen LogP contribution in [0, 0.1) is 5.92 Å². The van der Waals surface area contributed by atoms with Crippen molar-refractivity contribution in [2.45, 2.75) is 26.7 Å². The van der Waals surface area contributed by atoms with E-state index in [0.717, 1.165) is 12.8 Å². The van der Waals surface area contributed by atoms with Gasteiger partial charge in [0.15, 0.2) is 0 Å². The molecule has 2 N–H and O–H groups in total. The van der Waals surface area contributed by atoms with Crippen molar-refractivity contribution < 1.29 is 14.8 Å². The molecule has 0 aliphatic heterocycles. The minimum absolute atomic E-state index is 0.349. The van der Waals surface area contributed by atoms with Crippen molar-refractivity contribution in [1.29, 1.82) is 0 Å². The lowest BCUT2D eigenvalue weighted by atomic mass is 9.82. The predicted molar refractivity (Wildman–Crippen MR) is 63.6 cm³/mol. The Balaban J connectivity index is 2.56. The fourth-order valence-corrected chi connectivity index (χ4v) is 1.39. The molecule has 5 heteroatoms. The van der Waals surface area contributed by atoms with Crippen LogP contribution in [-0.4, -0.2) is 28.8 Å². The van der Waals surface area contributed by atoms with Gasteiger partial charge in [-0.3, -0.25) is 4.98 Å². The van der Waals surface area contributed by atoms with Crippen molar-refractivity contribution in [3.8, 4) is 5.75 Å². The maximum atomic E-state index is 8.98. The molecule has 0 aliphatic rings. The van der Waals surface area contributed by atoms with E-state index in [1.165, 1.54) is 6.20 Å². The zero-order valence-corrected chi connectivity index (χ0v) is 9.76. The summed E-state index contributed by atoms with van der Waals surface area (Å²) in [6.45, 7) is 4.90. The minimum Gasteiger partial charge on any atom is -0.492 e.